The number of imidazole rings is 1. The lowest BCUT2D eigenvalue weighted by Crippen LogP contribution is -2.40. The third-order valence-electron chi connectivity index (χ3n) is 4.59. The summed E-state index contributed by atoms with van der Waals surface area (Å²) < 4.78 is 15.3. The van der Waals surface area contributed by atoms with Crippen molar-refractivity contribution >= 4 is 11.2 Å². The minimum absolute atomic E-state index is 0.212. The minimum atomic E-state index is -0.381. The highest BCUT2D eigenvalue weighted by Crippen LogP contribution is 2.15. The molecule has 0 unspecified atom stereocenters. The first-order valence-electron chi connectivity index (χ1n) is 8.83. The average molecular weight is 368 g/mol. The Morgan fingerprint density at radius 3 is 2.37 bits per heavy atom. The number of aromatic nitrogens is 4. The zero-order valence-electron chi connectivity index (χ0n) is 15.2. The fourth-order valence-electron chi connectivity index (χ4n) is 3.26. The van der Waals surface area contributed by atoms with Crippen molar-refractivity contribution in [3.8, 4) is 0 Å². The van der Waals surface area contributed by atoms with Crippen LogP contribution in [0.1, 0.15) is 30.7 Å². The first-order chi connectivity index (χ1) is 13.1. The van der Waals surface area contributed by atoms with Crippen molar-refractivity contribution in [2.75, 3.05) is 0 Å². The Kier molecular flexibility index (Phi) is 4.31. The molecule has 0 aliphatic heterocycles. The van der Waals surface area contributed by atoms with Gasteiger partial charge in [-0.1, -0.05) is 6.92 Å². The van der Waals surface area contributed by atoms with E-state index in [0.717, 1.165) is 5.76 Å². The average Bonchev–Trinajstić information content (AvgIpc) is 3.39. The van der Waals surface area contributed by atoms with Crippen LogP contribution in [0, 0.1) is 0 Å². The maximum atomic E-state index is 13.0. The van der Waals surface area contributed by atoms with E-state index in [1.807, 2.05) is 13.0 Å². The van der Waals surface area contributed by atoms with E-state index in [1.54, 1.807) is 42.3 Å². The van der Waals surface area contributed by atoms with Crippen molar-refractivity contribution in [2.24, 2.45) is 7.05 Å². The van der Waals surface area contributed by atoms with Gasteiger partial charge in [-0.15, -0.1) is 0 Å². The van der Waals surface area contributed by atoms with Crippen molar-refractivity contribution in [3.63, 3.8) is 0 Å². The van der Waals surface area contributed by atoms with Crippen molar-refractivity contribution in [2.45, 2.75) is 32.9 Å². The largest absolute Gasteiger partial charge is 0.469 e. The highest BCUT2D eigenvalue weighted by molar-refractivity contribution is 5.71. The van der Waals surface area contributed by atoms with Gasteiger partial charge in [0.05, 0.1) is 25.5 Å². The van der Waals surface area contributed by atoms with Crippen LogP contribution < -0.4 is 11.2 Å². The molecule has 0 saturated carbocycles. The van der Waals surface area contributed by atoms with E-state index in [9.17, 15) is 9.59 Å². The molecule has 140 valence electrons. The van der Waals surface area contributed by atoms with Crippen LogP contribution in [0.15, 0.2) is 55.2 Å². The number of hydrogen-bond donors (Lipinski definition) is 0. The van der Waals surface area contributed by atoms with Crippen molar-refractivity contribution in [1.82, 2.24) is 18.7 Å². The summed E-state index contributed by atoms with van der Waals surface area (Å²) >= 11 is 0. The second-order valence-electron chi connectivity index (χ2n) is 6.42. The van der Waals surface area contributed by atoms with Crippen LogP contribution in [0.2, 0.25) is 0 Å². The molecule has 0 spiro atoms. The fourth-order valence-corrected chi connectivity index (χ4v) is 3.26. The van der Waals surface area contributed by atoms with Crippen LogP contribution in [0.25, 0.3) is 11.2 Å². The Bertz CT molecular complexity index is 1180. The molecule has 8 nitrogen and oxygen atoms in total. The van der Waals surface area contributed by atoms with E-state index >= 15 is 0 Å². The first-order valence-corrected chi connectivity index (χ1v) is 8.83. The van der Waals surface area contributed by atoms with Crippen molar-refractivity contribution in [1.29, 1.82) is 0 Å². The van der Waals surface area contributed by atoms with E-state index in [2.05, 4.69) is 4.98 Å². The van der Waals surface area contributed by atoms with Gasteiger partial charge in [0.25, 0.3) is 5.56 Å². The van der Waals surface area contributed by atoms with E-state index < -0.39 is 0 Å². The molecule has 0 aromatic carbocycles. The Labute approximate surface area is 154 Å². The smallest absolute Gasteiger partial charge is 0.333 e. The molecule has 4 aromatic rings. The number of fused-ring (bicyclic) bond motifs is 1. The van der Waals surface area contributed by atoms with Gasteiger partial charge < -0.3 is 13.4 Å². The zero-order valence-corrected chi connectivity index (χ0v) is 15.2. The van der Waals surface area contributed by atoms with Gasteiger partial charge in [-0.2, -0.15) is 0 Å². The number of aryl methyl sites for hydroxylation is 1. The molecule has 4 heterocycles. The second kappa shape index (κ2) is 6.79. The maximum absolute atomic E-state index is 13.0. The Morgan fingerprint density at radius 2 is 1.74 bits per heavy atom. The first kappa shape index (κ1) is 17.1. The molecule has 4 aromatic heterocycles. The van der Waals surface area contributed by atoms with Crippen molar-refractivity contribution < 1.29 is 8.83 Å². The molecule has 0 amide bonds. The molecular formula is C19H20N4O4. The third-order valence-corrected chi connectivity index (χ3v) is 4.59. The number of hydrogen-bond acceptors (Lipinski definition) is 5. The van der Waals surface area contributed by atoms with Crippen LogP contribution >= 0.6 is 0 Å². The molecular weight excluding hydrogens is 348 g/mol. The van der Waals surface area contributed by atoms with E-state index in [-0.39, 0.29) is 17.8 Å². The summed E-state index contributed by atoms with van der Waals surface area (Å²) in [5.74, 6) is 2.01. The van der Waals surface area contributed by atoms with E-state index in [1.165, 1.54) is 9.13 Å². The Morgan fingerprint density at radius 1 is 1.04 bits per heavy atom. The normalized spacial score (nSPS) is 11.5. The molecule has 0 bridgehead atoms. The molecule has 0 aliphatic carbocycles. The topological polar surface area (TPSA) is 88.1 Å². The predicted molar refractivity (Wildman–Crippen MR) is 98.8 cm³/mol. The van der Waals surface area contributed by atoms with Crippen LogP contribution in [0.5, 0.6) is 0 Å². The number of rotatable bonds is 6. The van der Waals surface area contributed by atoms with E-state index in [0.29, 0.717) is 42.1 Å². The maximum Gasteiger partial charge on any atom is 0.333 e. The lowest BCUT2D eigenvalue weighted by molar-refractivity contribution is 0.481. The molecule has 0 saturated heterocycles. The van der Waals surface area contributed by atoms with Gasteiger partial charge in [-0.25, -0.2) is 9.78 Å². The highest BCUT2D eigenvalue weighted by Gasteiger charge is 2.21. The molecule has 0 N–H and O–H groups in total. The Balaban J connectivity index is 1.95. The quantitative estimate of drug-likeness (QED) is 0.520. The van der Waals surface area contributed by atoms with Gasteiger partial charge >= 0.3 is 5.69 Å². The molecule has 4 rings (SSSR count). The standard InChI is InChI=1S/C19H20N4O4/c1-3-8-22-18(24)16-17(23(19(22)25)12-14-7-5-10-27-14)20-15(21(16)2)11-13-6-4-9-26-13/h4-7,9-10H,3,8,11-12H2,1-2H3. The summed E-state index contributed by atoms with van der Waals surface area (Å²) in [4.78, 5) is 30.5. The van der Waals surface area contributed by atoms with E-state index in [4.69, 9.17) is 8.83 Å². The summed E-state index contributed by atoms with van der Waals surface area (Å²) in [5.41, 5.74) is 0.0515. The summed E-state index contributed by atoms with van der Waals surface area (Å²) in [6, 6.07) is 7.21. The number of nitrogens with zero attached hydrogens (tertiary/aromatic N) is 4. The van der Waals surface area contributed by atoms with Gasteiger partial charge in [-0.3, -0.25) is 13.9 Å². The predicted octanol–water partition coefficient (Wildman–Crippen LogP) is 2.13. The van der Waals surface area contributed by atoms with Gasteiger partial charge in [0.15, 0.2) is 11.2 Å². The van der Waals surface area contributed by atoms with Gasteiger partial charge in [0.1, 0.15) is 17.3 Å². The Hall–Kier alpha value is -3.29. The lowest BCUT2D eigenvalue weighted by atomic mass is 10.3. The molecule has 0 radical (unpaired) electrons. The third kappa shape index (κ3) is 2.92. The van der Waals surface area contributed by atoms with Gasteiger partial charge in [0.2, 0.25) is 0 Å². The summed E-state index contributed by atoms with van der Waals surface area (Å²) in [6.07, 6.45) is 4.26. The molecule has 0 aliphatic rings. The molecule has 27 heavy (non-hydrogen) atoms. The number of furan rings is 2. The van der Waals surface area contributed by atoms with Crippen molar-refractivity contribution in [3.05, 3.63) is 75.0 Å². The molecule has 8 heteroatoms. The van der Waals surface area contributed by atoms with Crippen LogP contribution in [-0.2, 0) is 26.6 Å². The second-order valence-corrected chi connectivity index (χ2v) is 6.42. The molecule has 0 fully saturated rings. The summed E-state index contributed by atoms with van der Waals surface area (Å²) in [7, 11) is 1.78. The van der Waals surface area contributed by atoms with Gasteiger partial charge in [0, 0.05) is 13.6 Å². The van der Waals surface area contributed by atoms with Crippen LogP contribution in [0.4, 0.5) is 0 Å². The lowest BCUT2D eigenvalue weighted by Gasteiger charge is -2.10. The monoisotopic (exact) mass is 368 g/mol. The summed E-state index contributed by atoms with van der Waals surface area (Å²) in [6.45, 7) is 2.49. The minimum Gasteiger partial charge on any atom is -0.469 e. The van der Waals surface area contributed by atoms with Gasteiger partial charge in [-0.05, 0) is 30.7 Å². The van der Waals surface area contributed by atoms with Crippen LogP contribution in [-0.4, -0.2) is 18.7 Å². The molecule has 0 atom stereocenters. The zero-order chi connectivity index (χ0) is 19.0. The van der Waals surface area contributed by atoms with Crippen LogP contribution in [0.3, 0.4) is 0 Å². The highest BCUT2D eigenvalue weighted by atomic mass is 16.3. The fraction of sp³-hybridized carbons (Fsp3) is 0.316. The SMILES string of the molecule is CCCn1c(=O)c2c(nc(Cc3ccco3)n2C)n(Cc2ccco2)c1=O. The summed E-state index contributed by atoms with van der Waals surface area (Å²) in [5, 5.41) is 0.